The van der Waals surface area contributed by atoms with Gasteiger partial charge in [0.05, 0.1) is 203 Å². The van der Waals surface area contributed by atoms with E-state index in [1.165, 1.54) is 24.1 Å². The van der Waals surface area contributed by atoms with Crippen LogP contribution in [0.2, 0.25) is 0 Å². The number of aromatic nitrogens is 5. The fourth-order valence-electron chi connectivity index (χ4n) is 19.2. The molecule has 0 unspecified atom stereocenters. The Morgan fingerprint density at radius 1 is 0.664 bits per heavy atom. The number of aliphatic hydroxyl groups excluding tert-OH is 1. The van der Waals surface area contributed by atoms with Crippen molar-refractivity contribution in [1.29, 1.82) is 0 Å². The number of likely N-dealkylation sites (N-methyl/N-ethyl adjacent to an activating group) is 2. The zero-order chi connectivity index (χ0) is 99.9. The number of ether oxygens (including phenoxy) is 15. The lowest BCUT2D eigenvalue weighted by atomic mass is 9.47. The summed E-state index contributed by atoms with van der Waals surface area (Å²) in [5.41, 5.74) is 8.51. The fourth-order valence-corrected chi connectivity index (χ4v) is 21.2. The van der Waals surface area contributed by atoms with Gasteiger partial charge in [-0.3, -0.25) is 44.1 Å². The van der Waals surface area contributed by atoms with E-state index in [1.807, 2.05) is 68.2 Å². The Hall–Kier alpha value is -9.53. The molecule has 1 saturated heterocycles. The van der Waals surface area contributed by atoms with Crippen molar-refractivity contribution < 1.29 is 125 Å². The Kier molecular flexibility index (Phi) is 44.3. The van der Waals surface area contributed by atoms with E-state index in [-0.39, 0.29) is 98.7 Å². The highest BCUT2D eigenvalue weighted by Crippen LogP contribution is 2.68. The van der Waals surface area contributed by atoms with Gasteiger partial charge in [-0.25, -0.2) is 25.0 Å². The Labute approximate surface area is 823 Å². The predicted molar refractivity (Wildman–Crippen MR) is 523 cm³/mol. The molecule has 11 rings (SSSR count). The standard InChI is InChI=1S/C96H141N15O27S2/c1-8-92(122)25-13-27-94(89(120)125-7,80-70(23-31-110(10-3)64-92)69-15-11-12-16-73(69)104-80)72-59-71-75(60-76(72)124-6)109(5)86-95(71)28-32-111-30-14-26-93(9-2,85(95)111)87(118)96(86,123)88(119)107-108-91(121)138-57-58-139-140-63-74(84(116)117)103-78(113)24-33-126-35-37-128-39-41-130-43-45-132-47-49-134-51-53-136-55-56-137-54-52-135-50-48-133-46-44-131-42-40-129-38-36-127-34-29-98-77(112)22-17-65(4)101-82(114)66-18-20-67(21-19-66)99-61-68-62-100-81-79(102-68)83(115)106-90(97)105-81/h11-12,14-16,18-21,26,59-60,62,65,74,85-87,99,104,118,122-123H,8-10,13,17,22-25,27-58,61,63-64H2,1-7H3,(H,98,112)(H,101,114)(H,103,113)(H,107,119)(H,108,121)(H,116,117)(H3,97,100,105,106,115)/t65-,74+,85+,86-,87-,92+,93-,94+,95-,96+/m1/s1. The highest BCUT2D eigenvalue weighted by Gasteiger charge is 2.79. The van der Waals surface area contributed by atoms with Gasteiger partial charge in [-0.1, -0.05) is 72.7 Å². The van der Waals surface area contributed by atoms with Crippen LogP contribution in [0.1, 0.15) is 124 Å². The summed E-state index contributed by atoms with van der Waals surface area (Å²) in [6.45, 7) is 19.8. The van der Waals surface area contributed by atoms with Crippen molar-refractivity contribution in [2.75, 3.05) is 253 Å². The Morgan fingerprint density at radius 2 is 1.27 bits per heavy atom. The van der Waals surface area contributed by atoms with E-state index in [0.29, 0.717) is 257 Å². The number of carbonyl (C=O) groups is 7. The van der Waals surface area contributed by atoms with Gasteiger partial charge in [-0.05, 0) is 119 Å². The summed E-state index contributed by atoms with van der Waals surface area (Å²) in [5.74, 6) is -3.30. The predicted octanol–water partition coefficient (Wildman–Crippen LogP) is 4.26. The quantitative estimate of drug-likeness (QED) is 0.00834. The summed E-state index contributed by atoms with van der Waals surface area (Å²) in [4.78, 5) is 131. The number of fused-ring (bicyclic) bond motifs is 5. The van der Waals surface area contributed by atoms with Crippen LogP contribution in [-0.4, -0.2) is 375 Å². The minimum atomic E-state index is -2.62. The van der Waals surface area contributed by atoms with E-state index in [9.17, 15) is 49.2 Å². The maximum atomic E-state index is 15.5. The van der Waals surface area contributed by atoms with Gasteiger partial charge in [-0.15, -0.1) is 0 Å². The van der Waals surface area contributed by atoms with Crippen LogP contribution in [0.3, 0.4) is 0 Å². The lowest BCUT2D eigenvalue weighted by molar-refractivity contribution is -0.204. The van der Waals surface area contributed by atoms with Crippen LogP contribution < -0.4 is 53.0 Å². The maximum Gasteiger partial charge on any atom is 0.426 e. The highest BCUT2D eigenvalue weighted by molar-refractivity contribution is 8.76. The number of aliphatic hydroxyl groups is 3. The van der Waals surface area contributed by atoms with Gasteiger partial charge in [-0.2, -0.15) is 4.98 Å². The molecule has 3 aromatic heterocycles. The summed E-state index contributed by atoms with van der Waals surface area (Å²) in [6, 6.07) is 15.6. The van der Waals surface area contributed by atoms with E-state index in [2.05, 4.69) is 79.8 Å². The fraction of sp³-hybridized carbons (Fsp3) is 0.635. The number of aliphatic carboxylic acids is 1. The molecule has 1 spiro atoms. The van der Waals surface area contributed by atoms with Crippen LogP contribution in [0.25, 0.3) is 22.1 Å². The lowest BCUT2D eigenvalue weighted by Crippen LogP contribution is -2.82. The number of nitrogens with one attached hydrogen (secondary N) is 8. The number of β-amino-alcohol motifs (C(OH)–C–C–N with tert-alkyl or cyclic N) is 1. The minimum absolute atomic E-state index is 0.0202. The molecule has 0 bridgehead atoms. The van der Waals surface area contributed by atoms with Gasteiger partial charge in [0.1, 0.15) is 29.9 Å². The molecule has 5 aliphatic rings. The lowest BCUT2D eigenvalue weighted by Gasteiger charge is -2.63. The molecule has 774 valence electrons. The van der Waals surface area contributed by atoms with Crippen molar-refractivity contribution in [3.8, 4) is 5.75 Å². The number of hydrogen-bond donors (Lipinski definition) is 13. The average molecular weight is 2000 g/mol. The smallest absolute Gasteiger partial charge is 0.426 e. The summed E-state index contributed by atoms with van der Waals surface area (Å²) in [7, 11) is 7.03. The van der Waals surface area contributed by atoms with Gasteiger partial charge in [0.15, 0.2) is 16.8 Å². The number of rotatable bonds is 62. The number of carboxylic acid groups (broad SMARTS) is 1. The Morgan fingerprint density at radius 3 is 1.86 bits per heavy atom. The van der Waals surface area contributed by atoms with Crippen molar-refractivity contribution in [2.24, 2.45) is 5.41 Å². The number of carbonyl (C=O) groups excluding carboxylic acids is 6. The number of nitrogens with two attached hydrogens (primary N) is 1. The third kappa shape index (κ3) is 29.2. The number of hydrogen-bond acceptors (Lipinski definition) is 36. The largest absolute Gasteiger partial charge is 0.496 e. The average Bonchev–Trinajstić information content (AvgIpc) is 1.48. The molecule has 10 atom stereocenters. The van der Waals surface area contributed by atoms with E-state index < -0.39 is 87.1 Å². The Bertz CT molecular complexity index is 5050. The van der Waals surface area contributed by atoms with Crippen LogP contribution in [-0.2, 0) is 114 Å². The molecule has 4 aliphatic heterocycles. The first-order valence-corrected chi connectivity index (χ1v) is 50.6. The molecule has 44 heteroatoms. The second-order valence-electron chi connectivity index (χ2n) is 34.9. The molecule has 0 radical (unpaired) electrons. The molecule has 6 aromatic rings. The molecule has 2 fully saturated rings. The first-order valence-electron chi connectivity index (χ1n) is 48.1. The number of esters is 1. The van der Waals surface area contributed by atoms with Crippen LogP contribution >= 0.6 is 21.6 Å². The molecular formula is C96H141N15O27S2. The summed E-state index contributed by atoms with van der Waals surface area (Å²) >= 11 is 0. The second-order valence-corrected chi connectivity index (χ2v) is 37.5. The van der Waals surface area contributed by atoms with Crippen molar-refractivity contribution >= 4 is 103 Å². The van der Waals surface area contributed by atoms with Crippen LogP contribution in [0.15, 0.2) is 83.8 Å². The van der Waals surface area contributed by atoms with Crippen molar-refractivity contribution in [3.63, 3.8) is 0 Å². The monoisotopic (exact) mass is 2000 g/mol. The molecule has 1 aliphatic carbocycles. The molecule has 7 heterocycles. The third-order valence-corrected chi connectivity index (χ3v) is 28.5. The number of amides is 5. The number of nitrogens with zero attached hydrogens (tertiary/aromatic N) is 6. The van der Waals surface area contributed by atoms with E-state index in [4.69, 9.17) is 76.8 Å². The van der Waals surface area contributed by atoms with Gasteiger partial charge < -0.3 is 133 Å². The first kappa shape index (κ1) is 111. The van der Waals surface area contributed by atoms with Crippen LogP contribution in [0.5, 0.6) is 5.75 Å². The van der Waals surface area contributed by atoms with Gasteiger partial charge >= 0.3 is 18.0 Å². The zero-order valence-electron chi connectivity index (χ0n) is 81.3. The second kappa shape index (κ2) is 55.9. The number of H-pyrrole nitrogens is 2. The summed E-state index contributed by atoms with van der Waals surface area (Å²) in [6.07, 6.45) is 5.99. The van der Waals surface area contributed by atoms with E-state index in [0.717, 1.165) is 38.5 Å². The molecule has 140 heavy (non-hydrogen) atoms. The Balaban J connectivity index is 0.457. The van der Waals surface area contributed by atoms with Crippen molar-refractivity contribution in [2.45, 2.75) is 151 Å². The van der Waals surface area contributed by atoms with Crippen LogP contribution in [0.4, 0.5) is 22.1 Å². The number of carboxylic acids is 1. The molecule has 3 aromatic carbocycles. The molecule has 5 amide bonds. The summed E-state index contributed by atoms with van der Waals surface area (Å²) in [5, 5.41) is 61.2. The van der Waals surface area contributed by atoms with Gasteiger partial charge in [0, 0.05) is 126 Å². The number of methoxy groups -OCH3 is 2. The number of hydrazine groups is 1. The number of anilines is 3. The van der Waals surface area contributed by atoms with E-state index in [1.54, 1.807) is 38.4 Å². The maximum absolute atomic E-state index is 15.5. The number of aromatic amines is 2. The van der Waals surface area contributed by atoms with Crippen molar-refractivity contribution in [1.82, 2.24) is 61.5 Å². The molecular weight excluding hydrogens is 1860 g/mol. The van der Waals surface area contributed by atoms with Crippen molar-refractivity contribution in [3.05, 3.63) is 123 Å². The van der Waals surface area contributed by atoms with Gasteiger partial charge in [0.2, 0.25) is 17.8 Å². The third-order valence-electron chi connectivity index (χ3n) is 26.1. The number of benzene rings is 3. The summed E-state index contributed by atoms with van der Waals surface area (Å²) < 4.78 is 84.4. The molecule has 42 nitrogen and oxygen atoms in total. The topological polar surface area (TPSA) is 534 Å². The van der Waals surface area contributed by atoms with E-state index >= 15 is 9.59 Å². The molecule has 1 saturated carbocycles. The molecule has 14 N–H and O–H groups in total. The number of nitrogen functional groups attached to an aromatic ring is 1. The first-order chi connectivity index (χ1) is 67.8. The highest BCUT2D eigenvalue weighted by atomic mass is 33.1. The number of para-hydroxylation sites is 1. The zero-order valence-corrected chi connectivity index (χ0v) is 82.9. The minimum Gasteiger partial charge on any atom is -0.496 e. The normalized spacial score (nSPS) is 21.6. The van der Waals surface area contributed by atoms with Crippen LogP contribution in [0, 0.1) is 5.41 Å². The van der Waals surface area contributed by atoms with Gasteiger partial charge in [0.25, 0.3) is 17.4 Å². The SMILES string of the molecule is CCN1CCc2c([nH]c3ccccc23)[C@@](C(=O)OC)(c2cc3c(cc2OC)N(C)[C@H]2[C@@](O)(C(=O)NNC(=O)OCCSSC[C@H](NC(=O)CCOCCOCCOCCOCCOCCOCCOCCOCCOCCOCCOCCOCCNC(=O)CC[C@@H](C)NC(=O)c4ccc(NCc5cnc6nc(N)[nH]c(=O)c6n5)cc4)C(=O)O)[C@H](O)[C@]4(CC)C=CCN5CC[C@]32[C@@H]54)CCC[C@@](O)(CC)C1.